The van der Waals surface area contributed by atoms with Crippen LogP contribution in [0.15, 0.2) is 50.6 Å². The SMILES string of the molecule is C=CCOC(=O)C1CC(C(=O)OCC=C)C(C(=O)OCC=C)CC1C(=O)OCC=C. The second-order valence-corrected chi connectivity index (χ2v) is 6.57. The van der Waals surface area contributed by atoms with Crippen LogP contribution in [-0.4, -0.2) is 50.3 Å². The lowest BCUT2D eigenvalue weighted by Crippen LogP contribution is -2.46. The summed E-state index contributed by atoms with van der Waals surface area (Å²) in [6.07, 6.45) is 5.28. The van der Waals surface area contributed by atoms with E-state index in [0.717, 1.165) is 0 Å². The summed E-state index contributed by atoms with van der Waals surface area (Å²) in [6.45, 7) is 13.7. The van der Waals surface area contributed by atoms with Crippen LogP contribution in [-0.2, 0) is 38.1 Å². The lowest BCUT2D eigenvalue weighted by molar-refractivity contribution is -0.174. The van der Waals surface area contributed by atoms with Crippen molar-refractivity contribution in [2.24, 2.45) is 23.7 Å². The van der Waals surface area contributed by atoms with Crippen LogP contribution in [0.2, 0.25) is 0 Å². The Bertz CT molecular complexity index is 567. The minimum Gasteiger partial charge on any atom is -0.461 e. The van der Waals surface area contributed by atoms with Gasteiger partial charge in [0.25, 0.3) is 0 Å². The highest BCUT2D eigenvalue weighted by molar-refractivity contribution is 5.88. The Morgan fingerprint density at radius 2 is 0.733 bits per heavy atom. The summed E-state index contributed by atoms with van der Waals surface area (Å²) in [5, 5.41) is 0. The largest absolute Gasteiger partial charge is 0.461 e. The summed E-state index contributed by atoms with van der Waals surface area (Å²) >= 11 is 0. The minimum atomic E-state index is -0.994. The van der Waals surface area contributed by atoms with Crippen molar-refractivity contribution in [1.29, 1.82) is 0 Å². The number of carbonyl (C=O) groups is 4. The van der Waals surface area contributed by atoms with Crippen LogP contribution in [0.4, 0.5) is 0 Å². The summed E-state index contributed by atoms with van der Waals surface area (Å²) in [6, 6.07) is 0. The molecule has 0 N–H and O–H groups in total. The highest BCUT2D eigenvalue weighted by atomic mass is 16.5. The summed E-state index contributed by atoms with van der Waals surface area (Å²) in [4.78, 5) is 50.3. The van der Waals surface area contributed by atoms with E-state index in [1.807, 2.05) is 0 Å². The molecule has 0 aromatic heterocycles. The first-order chi connectivity index (χ1) is 14.4. The number of rotatable bonds is 12. The van der Waals surface area contributed by atoms with E-state index in [4.69, 9.17) is 18.9 Å². The summed E-state index contributed by atoms with van der Waals surface area (Å²) in [5.74, 6) is -6.72. The molecule has 0 aliphatic heterocycles. The second-order valence-electron chi connectivity index (χ2n) is 6.57. The molecular formula is C22H28O8. The third-order valence-electron chi connectivity index (χ3n) is 4.57. The average Bonchev–Trinajstić information content (AvgIpc) is 2.76. The fourth-order valence-corrected chi connectivity index (χ4v) is 3.24. The van der Waals surface area contributed by atoms with Crippen molar-refractivity contribution in [3.05, 3.63) is 50.6 Å². The van der Waals surface area contributed by atoms with Crippen molar-refractivity contribution in [1.82, 2.24) is 0 Å². The molecule has 8 nitrogen and oxygen atoms in total. The molecular weight excluding hydrogens is 392 g/mol. The molecule has 4 unspecified atom stereocenters. The Balaban J connectivity index is 3.21. The smallest absolute Gasteiger partial charge is 0.310 e. The van der Waals surface area contributed by atoms with E-state index in [9.17, 15) is 19.2 Å². The van der Waals surface area contributed by atoms with Gasteiger partial charge in [0, 0.05) is 0 Å². The fraction of sp³-hybridized carbons (Fsp3) is 0.455. The van der Waals surface area contributed by atoms with Crippen LogP contribution in [0, 0.1) is 23.7 Å². The number of esters is 4. The lowest BCUT2D eigenvalue weighted by Gasteiger charge is -2.36. The zero-order valence-electron chi connectivity index (χ0n) is 17.0. The fourth-order valence-electron chi connectivity index (χ4n) is 3.24. The molecule has 0 radical (unpaired) electrons. The predicted octanol–water partition coefficient (Wildman–Crippen LogP) is 2.16. The van der Waals surface area contributed by atoms with Crippen LogP contribution in [0.3, 0.4) is 0 Å². The van der Waals surface area contributed by atoms with Gasteiger partial charge < -0.3 is 18.9 Å². The molecule has 30 heavy (non-hydrogen) atoms. The molecule has 0 spiro atoms. The summed E-state index contributed by atoms with van der Waals surface area (Å²) < 4.78 is 20.4. The molecule has 164 valence electrons. The van der Waals surface area contributed by atoms with Crippen LogP contribution >= 0.6 is 0 Å². The van der Waals surface area contributed by atoms with Gasteiger partial charge in [-0.3, -0.25) is 19.2 Å². The lowest BCUT2D eigenvalue weighted by atomic mass is 9.68. The number of hydrogen-bond donors (Lipinski definition) is 0. The van der Waals surface area contributed by atoms with Gasteiger partial charge in [0.1, 0.15) is 26.4 Å². The number of hydrogen-bond acceptors (Lipinski definition) is 8. The first kappa shape index (κ1) is 24.9. The van der Waals surface area contributed by atoms with Gasteiger partial charge >= 0.3 is 23.9 Å². The molecule has 0 bridgehead atoms. The number of carbonyl (C=O) groups excluding carboxylic acids is 4. The maximum Gasteiger partial charge on any atom is 0.310 e. The highest BCUT2D eigenvalue weighted by Crippen LogP contribution is 2.41. The van der Waals surface area contributed by atoms with E-state index < -0.39 is 47.5 Å². The van der Waals surface area contributed by atoms with E-state index >= 15 is 0 Å². The summed E-state index contributed by atoms with van der Waals surface area (Å²) in [7, 11) is 0. The van der Waals surface area contributed by atoms with Gasteiger partial charge in [-0.05, 0) is 12.8 Å². The van der Waals surface area contributed by atoms with Crippen molar-refractivity contribution < 1.29 is 38.1 Å². The quantitative estimate of drug-likeness (QED) is 0.269. The predicted molar refractivity (Wildman–Crippen MR) is 108 cm³/mol. The van der Waals surface area contributed by atoms with Gasteiger partial charge in [0.05, 0.1) is 23.7 Å². The first-order valence-electron chi connectivity index (χ1n) is 9.51. The third kappa shape index (κ3) is 7.02. The summed E-state index contributed by atoms with van der Waals surface area (Å²) in [5.41, 5.74) is 0. The van der Waals surface area contributed by atoms with E-state index in [1.54, 1.807) is 0 Å². The molecule has 1 fully saturated rings. The zero-order chi connectivity index (χ0) is 22.5. The molecule has 0 amide bonds. The topological polar surface area (TPSA) is 105 Å². The third-order valence-corrected chi connectivity index (χ3v) is 4.57. The van der Waals surface area contributed by atoms with E-state index in [1.165, 1.54) is 24.3 Å². The van der Waals surface area contributed by atoms with Crippen LogP contribution in [0.1, 0.15) is 12.8 Å². The molecule has 4 atom stereocenters. The Morgan fingerprint density at radius 1 is 0.533 bits per heavy atom. The van der Waals surface area contributed by atoms with Gasteiger partial charge in [-0.15, -0.1) is 0 Å². The molecule has 1 aliphatic rings. The molecule has 8 heteroatoms. The first-order valence-corrected chi connectivity index (χ1v) is 9.51. The van der Waals surface area contributed by atoms with Gasteiger partial charge in [-0.1, -0.05) is 50.6 Å². The van der Waals surface area contributed by atoms with E-state index in [2.05, 4.69) is 26.3 Å². The van der Waals surface area contributed by atoms with E-state index in [0.29, 0.717) is 0 Å². The molecule has 1 aliphatic carbocycles. The number of ether oxygens (including phenoxy) is 4. The van der Waals surface area contributed by atoms with Crippen molar-refractivity contribution in [2.45, 2.75) is 12.8 Å². The molecule has 1 saturated carbocycles. The standard InChI is InChI=1S/C22H28O8/c1-5-9-27-19(23)15-13-17(21(25)29-11-7-3)18(22(26)30-12-8-4)14-16(15)20(24)28-10-6-2/h5-8,15-18H,1-4,9-14H2. The van der Waals surface area contributed by atoms with Crippen molar-refractivity contribution in [3.8, 4) is 0 Å². The Hall–Kier alpha value is -3.16. The molecule has 0 saturated heterocycles. The molecule has 0 aromatic carbocycles. The molecule has 0 aromatic rings. The maximum absolute atomic E-state index is 12.6. The van der Waals surface area contributed by atoms with Gasteiger partial charge in [-0.2, -0.15) is 0 Å². The van der Waals surface area contributed by atoms with Crippen molar-refractivity contribution in [2.75, 3.05) is 26.4 Å². The van der Waals surface area contributed by atoms with Crippen LogP contribution in [0.25, 0.3) is 0 Å². The Labute approximate surface area is 176 Å². The highest BCUT2D eigenvalue weighted by Gasteiger charge is 2.51. The minimum absolute atomic E-state index is 0.0554. The molecule has 1 rings (SSSR count). The van der Waals surface area contributed by atoms with Gasteiger partial charge in [0.15, 0.2) is 0 Å². The zero-order valence-corrected chi connectivity index (χ0v) is 17.0. The monoisotopic (exact) mass is 420 g/mol. The molecule has 0 heterocycles. The van der Waals surface area contributed by atoms with Crippen LogP contribution < -0.4 is 0 Å². The Morgan fingerprint density at radius 3 is 0.900 bits per heavy atom. The second kappa shape index (κ2) is 13.1. The normalized spacial score (nSPS) is 22.7. The average molecular weight is 420 g/mol. The maximum atomic E-state index is 12.6. The van der Waals surface area contributed by atoms with Crippen molar-refractivity contribution >= 4 is 23.9 Å². The Kier molecular flexibility index (Phi) is 10.9. The van der Waals surface area contributed by atoms with Gasteiger partial charge in [0.2, 0.25) is 0 Å². The van der Waals surface area contributed by atoms with Crippen molar-refractivity contribution in [3.63, 3.8) is 0 Å². The van der Waals surface area contributed by atoms with E-state index in [-0.39, 0.29) is 39.3 Å². The van der Waals surface area contributed by atoms with Crippen LogP contribution in [0.5, 0.6) is 0 Å². The van der Waals surface area contributed by atoms with Gasteiger partial charge in [-0.25, -0.2) is 0 Å².